The summed E-state index contributed by atoms with van der Waals surface area (Å²) >= 11 is 0. The van der Waals surface area contributed by atoms with Crippen molar-refractivity contribution in [2.45, 2.75) is 18.9 Å². The highest BCUT2D eigenvalue weighted by atomic mass is 16.2. The molecule has 0 aromatic carbocycles. The Hall–Kier alpha value is -3.03. The number of carbonyl (C=O) groups is 1. The number of aromatic amines is 1. The van der Waals surface area contributed by atoms with Crippen LogP contribution in [0.2, 0.25) is 0 Å². The minimum atomic E-state index is -0.0534. The SMILES string of the molecule is CN(C)c1ccc(C2CCCN2C(=O)c2ccnc3nc[nH]c23)nn1. The Morgan fingerprint density at radius 2 is 2.12 bits per heavy atom. The van der Waals surface area contributed by atoms with Crippen LogP contribution in [0.1, 0.15) is 34.9 Å². The topological polar surface area (TPSA) is 90.9 Å². The molecule has 1 atom stereocenters. The van der Waals surface area contributed by atoms with Gasteiger partial charge in [0.05, 0.1) is 29.1 Å². The molecule has 1 aliphatic heterocycles. The summed E-state index contributed by atoms with van der Waals surface area (Å²) in [6.07, 6.45) is 5.01. The lowest BCUT2D eigenvalue weighted by Crippen LogP contribution is -2.31. The molecule has 1 aliphatic rings. The molecule has 1 fully saturated rings. The lowest BCUT2D eigenvalue weighted by Gasteiger charge is -2.24. The molecule has 8 nitrogen and oxygen atoms in total. The number of fused-ring (bicyclic) bond motifs is 1. The standard InChI is InChI=1S/C17H19N7O/c1-23(2)14-6-5-12(21-22-14)13-4-3-9-24(13)17(25)11-7-8-18-16-15(11)19-10-20-16/h5-8,10,13H,3-4,9H2,1-2H3,(H,18,19,20). The molecule has 0 radical (unpaired) electrons. The van der Waals surface area contributed by atoms with Gasteiger partial charge in [0.1, 0.15) is 0 Å². The average Bonchev–Trinajstić information content (AvgIpc) is 3.30. The Morgan fingerprint density at radius 1 is 1.24 bits per heavy atom. The van der Waals surface area contributed by atoms with Crippen LogP contribution >= 0.6 is 0 Å². The van der Waals surface area contributed by atoms with E-state index in [1.165, 1.54) is 0 Å². The van der Waals surface area contributed by atoms with E-state index in [1.54, 1.807) is 18.6 Å². The number of likely N-dealkylation sites (tertiary alicyclic amines) is 1. The molecule has 3 aromatic heterocycles. The Balaban J connectivity index is 1.65. The third kappa shape index (κ3) is 2.69. The predicted octanol–water partition coefficient (Wildman–Crippen LogP) is 1.79. The highest BCUT2D eigenvalue weighted by molar-refractivity contribution is 6.04. The van der Waals surface area contributed by atoms with Gasteiger partial charge in [0.15, 0.2) is 11.5 Å². The third-order valence-corrected chi connectivity index (χ3v) is 4.54. The fourth-order valence-electron chi connectivity index (χ4n) is 3.25. The highest BCUT2D eigenvalue weighted by Gasteiger charge is 2.32. The van der Waals surface area contributed by atoms with Crippen molar-refractivity contribution in [3.8, 4) is 0 Å². The second kappa shape index (κ2) is 6.12. The number of nitrogens with one attached hydrogen (secondary N) is 1. The van der Waals surface area contributed by atoms with Crippen LogP contribution in [0.4, 0.5) is 5.82 Å². The molecule has 3 aromatic rings. The maximum atomic E-state index is 13.1. The number of carbonyl (C=O) groups excluding carboxylic acids is 1. The van der Waals surface area contributed by atoms with Crippen molar-refractivity contribution in [2.75, 3.05) is 25.5 Å². The molecular weight excluding hydrogens is 318 g/mol. The summed E-state index contributed by atoms with van der Waals surface area (Å²) < 4.78 is 0. The molecule has 1 amide bonds. The Labute approximate surface area is 144 Å². The van der Waals surface area contributed by atoms with E-state index in [-0.39, 0.29) is 11.9 Å². The molecule has 1 saturated heterocycles. The zero-order chi connectivity index (χ0) is 17.4. The van der Waals surface area contributed by atoms with Gasteiger partial charge in [-0.3, -0.25) is 4.79 Å². The number of imidazole rings is 1. The van der Waals surface area contributed by atoms with Crippen molar-refractivity contribution < 1.29 is 4.79 Å². The number of nitrogens with zero attached hydrogens (tertiary/aromatic N) is 6. The molecule has 25 heavy (non-hydrogen) atoms. The molecule has 0 spiro atoms. The molecule has 4 rings (SSSR count). The van der Waals surface area contributed by atoms with Gasteiger partial charge in [-0.15, -0.1) is 5.10 Å². The molecule has 0 bridgehead atoms. The number of aromatic nitrogens is 5. The molecule has 0 saturated carbocycles. The fourth-order valence-corrected chi connectivity index (χ4v) is 3.25. The molecular formula is C17H19N7O. The van der Waals surface area contributed by atoms with E-state index in [4.69, 9.17) is 0 Å². The number of anilines is 1. The van der Waals surface area contributed by atoms with E-state index in [2.05, 4.69) is 25.1 Å². The van der Waals surface area contributed by atoms with Crippen molar-refractivity contribution in [1.29, 1.82) is 0 Å². The third-order valence-electron chi connectivity index (χ3n) is 4.54. The highest BCUT2D eigenvalue weighted by Crippen LogP contribution is 2.32. The first-order chi connectivity index (χ1) is 12.1. The predicted molar refractivity (Wildman–Crippen MR) is 93.3 cm³/mol. The molecule has 4 heterocycles. The number of rotatable bonds is 3. The first-order valence-corrected chi connectivity index (χ1v) is 8.25. The number of hydrogen-bond donors (Lipinski definition) is 1. The van der Waals surface area contributed by atoms with E-state index in [1.807, 2.05) is 36.0 Å². The van der Waals surface area contributed by atoms with E-state index in [0.29, 0.717) is 23.3 Å². The second-order valence-electron chi connectivity index (χ2n) is 6.33. The van der Waals surface area contributed by atoms with Gasteiger partial charge in [0.25, 0.3) is 5.91 Å². The van der Waals surface area contributed by atoms with Gasteiger partial charge in [-0.05, 0) is 31.0 Å². The summed E-state index contributed by atoms with van der Waals surface area (Å²) in [4.78, 5) is 28.2. The van der Waals surface area contributed by atoms with Crippen LogP contribution in [0.15, 0.2) is 30.7 Å². The van der Waals surface area contributed by atoms with Crippen LogP contribution in [-0.2, 0) is 0 Å². The van der Waals surface area contributed by atoms with E-state index in [9.17, 15) is 4.79 Å². The van der Waals surface area contributed by atoms with Gasteiger partial charge in [-0.2, -0.15) is 5.10 Å². The summed E-state index contributed by atoms with van der Waals surface area (Å²) in [7, 11) is 3.85. The minimum absolute atomic E-state index is 0.0300. The van der Waals surface area contributed by atoms with E-state index < -0.39 is 0 Å². The van der Waals surface area contributed by atoms with Crippen LogP contribution in [0.5, 0.6) is 0 Å². The first kappa shape index (κ1) is 15.5. The zero-order valence-electron chi connectivity index (χ0n) is 14.2. The lowest BCUT2D eigenvalue weighted by molar-refractivity contribution is 0.0734. The zero-order valence-corrected chi connectivity index (χ0v) is 14.2. The van der Waals surface area contributed by atoms with Crippen LogP contribution in [-0.4, -0.2) is 56.6 Å². The van der Waals surface area contributed by atoms with Crippen molar-refractivity contribution >= 4 is 22.9 Å². The normalized spacial score (nSPS) is 17.2. The maximum absolute atomic E-state index is 13.1. The minimum Gasteiger partial charge on any atom is -0.361 e. The van der Waals surface area contributed by atoms with Crippen molar-refractivity contribution in [3.63, 3.8) is 0 Å². The van der Waals surface area contributed by atoms with Crippen molar-refractivity contribution in [2.24, 2.45) is 0 Å². The number of hydrogen-bond acceptors (Lipinski definition) is 6. The summed E-state index contributed by atoms with van der Waals surface area (Å²) in [6, 6.07) is 5.57. The van der Waals surface area contributed by atoms with Crippen LogP contribution in [0.25, 0.3) is 11.2 Å². The smallest absolute Gasteiger partial charge is 0.256 e. The average molecular weight is 337 g/mol. The largest absolute Gasteiger partial charge is 0.361 e. The molecule has 0 aliphatic carbocycles. The van der Waals surface area contributed by atoms with Crippen molar-refractivity contribution in [3.05, 3.63) is 42.0 Å². The van der Waals surface area contributed by atoms with Crippen molar-refractivity contribution in [1.82, 2.24) is 30.0 Å². The van der Waals surface area contributed by atoms with Gasteiger partial charge in [0, 0.05) is 26.8 Å². The number of pyridine rings is 1. The quantitative estimate of drug-likeness (QED) is 0.783. The lowest BCUT2D eigenvalue weighted by atomic mass is 10.1. The molecule has 128 valence electrons. The van der Waals surface area contributed by atoms with E-state index in [0.717, 1.165) is 24.4 Å². The summed E-state index contributed by atoms with van der Waals surface area (Å²) in [5.74, 6) is 0.769. The summed E-state index contributed by atoms with van der Waals surface area (Å²) in [6.45, 7) is 0.707. The Kier molecular flexibility index (Phi) is 3.79. The number of amides is 1. The molecule has 8 heteroatoms. The van der Waals surface area contributed by atoms with E-state index >= 15 is 0 Å². The maximum Gasteiger partial charge on any atom is 0.256 e. The molecule has 1 N–H and O–H groups in total. The Morgan fingerprint density at radius 3 is 2.88 bits per heavy atom. The summed E-state index contributed by atoms with van der Waals surface area (Å²) in [5.41, 5.74) is 2.64. The first-order valence-electron chi connectivity index (χ1n) is 8.25. The van der Waals surface area contributed by atoms with Crippen LogP contribution in [0, 0.1) is 0 Å². The van der Waals surface area contributed by atoms with Crippen LogP contribution in [0.3, 0.4) is 0 Å². The number of H-pyrrole nitrogens is 1. The van der Waals surface area contributed by atoms with Gasteiger partial charge < -0.3 is 14.8 Å². The summed E-state index contributed by atoms with van der Waals surface area (Å²) in [5, 5.41) is 8.59. The fraction of sp³-hybridized carbons (Fsp3) is 0.353. The van der Waals surface area contributed by atoms with Gasteiger partial charge in [0.2, 0.25) is 0 Å². The van der Waals surface area contributed by atoms with Gasteiger partial charge >= 0.3 is 0 Å². The Bertz CT molecular complexity index is 903. The van der Waals surface area contributed by atoms with Crippen LogP contribution < -0.4 is 4.90 Å². The van der Waals surface area contributed by atoms with Gasteiger partial charge in [-0.1, -0.05) is 0 Å². The van der Waals surface area contributed by atoms with Gasteiger partial charge in [-0.25, -0.2) is 9.97 Å². The monoisotopic (exact) mass is 337 g/mol. The molecule has 1 unspecified atom stereocenters. The second-order valence-corrected chi connectivity index (χ2v) is 6.33.